The first-order valence-corrected chi connectivity index (χ1v) is 10.3. The number of nitrogens with zero attached hydrogens (tertiary/aromatic N) is 2. The van der Waals surface area contributed by atoms with Gasteiger partial charge in [-0.25, -0.2) is 0 Å². The molecule has 0 radical (unpaired) electrons. The van der Waals surface area contributed by atoms with Crippen LogP contribution in [0.5, 0.6) is 0 Å². The van der Waals surface area contributed by atoms with Crippen molar-refractivity contribution in [2.24, 2.45) is 10.9 Å². The predicted molar refractivity (Wildman–Crippen MR) is 129 cm³/mol. The molecule has 7 heteroatoms. The van der Waals surface area contributed by atoms with Gasteiger partial charge >= 0.3 is 5.97 Å². The normalized spacial score (nSPS) is 21.4. The number of anilines is 1. The summed E-state index contributed by atoms with van der Waals surface area (Å²) in [6.07, 6.45) is 8.07. The fourth-order valence-electron chi connectivity index (χ4n) is 3.86. The molecule has 0 amide bonds. The zero-order chi connectivity index (χ0) is 19.8. The van der Waals surface area contributed by atoms with Crippen LogP contribution >= 0.6 is 24.0 Å². The average molecular weight is 512 g/mol. The van der Waals surface area contributed by atoms with E-state index in [0.717, 1.165) is 51.3 Å². The number of esters is 1. The molecule has 1 aliphatic heterocycles. The highest BCUT2D eigenvalue weighted by Crippen LogP contribution is 2.25. The second kappa shape index (κ2) is 12.0. The topological polar surface area (TPSA) is 66.0 Å². The predicted octanol–water partition coefficient (Wildman–Crippen LogP) is 3.47. The molecule has 0 atom stereocenters. The van der Waals surface area contributed by atoms with E-state index >= 15 is 0 Å². The number of ether oxygens (including phenoxy) is 1. The molecule has 6 nitrogen and oxygen atoms in total. The molecular formula is C22H33IN4O2. The molecule has 29 heavy (non-hydrogen) atoms. The van der Waals surface area contributed by atoms with E-state index in [1.807, 2.05) is 6.92 Å². The molecule has 3 rings (SSSR count). The lowest BCUT2D eigenvalue weighted by Crippen LogP contribution is -2.45. The van der Waals surface area contributed by atoms with Gasteiger partial charge in [0.25, 0.3) is 0 Å². The quantitative estimate of drug-likeness (QED) is 0.201. The van der Waals surface area contributed by atoms with E-state index < -0.39 is 0 Å². The van der Waals surface area contributed by atoms with E-state index in [4.69, 9.17) is 4.74 Å². The number of halogens is 1. The highest BCUT2D eigenvalue weighted by Gasteiger charge is 2.27. The lowest BCUT2D eigenvalue weighted by Gasteiger charge is -2.29. The minimum absolute atomic E-state index is 0. The number of rotatable bonds is 6. The van der Waals surface area contributed by atoms with Crippen molar-refractivity contribution in [3.63, 3.8) is 0 Å². The number of carbonyl (C=O) groups excluding carboxylic acids is 1. The highest BCUT2D eigenvalue weighted by molar-refractivity contribution is 14.0. The summed E-state index contributed by atoms with van der Waals surface area (Å²) >= 11 is 0. The lowest BCUT2D eigenvalue weighted by atomic mass is 9.86. The first-order chi connectivity index (χ1) is 13.7. The van der Waals surface area contributed by atoms with Gasteiger partial charge in [-0.05, 0) is 50.3 Å². The molecule has 0 spiro atoms. The van der Waals surface area contributed by atoms with Crippen molar-refractivity contribution in [3.05, 3.63) is 42.0 Å². The molecule has 0 aromatic heterocycles. The zero-order valence-corrected chi connectivity index (χ0v) is 19.7. The molecule has 2 aliphatic rings. The molecule has 0 saturated heterocycles. The van der Waals surface area contributed by atoms with Gasteiger partial charge in [0.1, 0.15) is 0 Å². The molecule has 1 aromatic carbocycles. The van der Waals surface area contributed by atoms with Crippen molar-refractivity contribution in [1.82, 2.24) is 10.6 Å². The smallest absolute Gasteiger partial charge is 0.308 e. The maximum atomic E-state index is 11.9. The van der Waals surface area contributed by atoms with Crippen LogP contribution in [-0.2, 0) is 16.1 Å². The summed E-state index contributed by atoms with van der Waals surface area (Å²) in [5.74, 6) is 0.820. The van der Waals surface area contributed by atoms with Crippen LogP contribution in [0.4, 0.5) is 5.69 Å². The van der Waals surface area contributed by atoms with Gasteiger partial charge in [0.2, 0.25) is 0 Å². The Morgan fingerprint density at radius 2 is 1.93 bits per heavy atom. The van der Waals surface area contributed by atoms with Crippen LogP contribution in [0.15, 0.2) is 41.4 Å². The van der Waals surface area contributed by atoms with Gasteiger partial charge in [0.15, 0.2) is 5.96 Å². The summed E-state index contributed by atoms with van der Waals surface area (Å²) in [6, 6.07) is 8.98. The third kappa shape index (κ3) is 6.90. The summed E-state index contributed by atoms with van der Waals surface area (Å²) < 4.78 is 5.15. The van der Waals surface area contributed by atoms with E-state index in [2.05, 4.69) is 56.9 Å². The van der Waals surface area contributed by atoms with Crippen molar-refractivity contribution in [2.45, 2.75) is 45.2 Å². The Morgan fingerprint density at radius 1 is 1.21 bits per heavy atom. The monoisotopic (exact) mass is 512 g/mol. The van der Waals surface area contributed by atoms with Gasteiger partial charge in [-0.15, -0.1) is 24.0 Å². The third-order valence-electron chi connectivity index (χ3n) is 5.47. The first kappa shape index (κ1) is 23.5. The van der Waals surface area contributed by atoms with Crippen molar-refractivity contribution in [1.29, 1.82) is 0 Å². The summed E-state index contributed by atoms with van der Waals surface area (Å²) in [7, 11) is 1.80. The van der Waals surface area contributed by atoms with E-state index in [9.17, 15) is 4.79 Å². The summed E-state index contributed by atoms with van der Waals surface area (Å²) in [6.45, 7) is 5.01. The second-order valence-corrected chi connectivity index (χ2v) is 7.42. The minimum atomic E-state index is -0.0449. The van der Waals surface area contributed by atoms with Gasteiger partial charge in [-0.1, -0.05) is 24.3 Å². The van der Waals surface area contributed by atoms with Gasteiger partial charge < -0.3 is 20.3 Å². The molecule has 1 aliphatic carbocycles. The number of guanidine groups is 1. The fourth-order valence-corrected chi connectivity index (χ4v) is 3.86. The average Bonchev–Trinajstić information content (AvgIpc) is 3.27. The molecule has 0 bridgehead atoms. The van der Waals surface area contributed by atoms with Gasteiger partial charge in [-0.2, -0.15) is 0 Å². The third-order valence-corrected chi connectivity index (χ3v) is 5.47. The summed E-state index contributed by atoms with van der Waals surface area (Å²) in [5.41, 5.74) is 2.49. The Labute approximate surface area is 191 Å². The van der Waals surface area contributed by atoms with E-state index in [1.54, 1.807) is 7.05 Å². The van der Waals surface area contributed by atoms with Gasteiger partial charge in [-0.3, -0.25) is 9.79 Å². The van der Waals surface area contributed by atoms with Crippen LogP contribution in [0, 0.1) is 5.92 Å². The van der Waals surface area contributed by atoms with Crippen LogP contribution < -0.4 is 15.5 Å². The number of hydrogen-bond donors (Lipinski definition) is 2. The molecule has 160 valence electrons. The molecule has 2 N–H and O–H groups in total. The van der Waals surface area contributed by atoms with E-state index in [0.29, 0.717) is 12.6 Å². The zero-order valence-electron chi connectivity index (χ0n) is 17.4. The van der Waals surface area contributed by atoms with Crippen LogP contribution in [-0.4, -0.2) is 44.7 Å². The van der Waals surface area contributed by atoms with Gasteiger partial charge in [0.05, 0.1) is 12.5 Å². The number of hydrogen-bond acceptors (Lipinski definition) is 4. The Morgan fingerprint density at radius 3 is 2.59 bits per heavy atom. The number of carbonyl (C=O) groups is 1. The minimum Gasteiger partial charge on any atom is -0.466 e. The maximum absolute atomic E-state index is 11.9. The molecule has 1 heterocycles. The van der Waals surface area contributed by atoms with E-state index in [1.165, 1.54) is 11.3 Å². The molecular weight excluding hydrogens is 479 g/mol. The molecule has 1 saturated carbocycles. The molecule has 1 fully saturated rings. The van der Waals surface area contributed by atoms with Crippen LogP contribution in [0.2, 0.25) is 0 Å². The standard InChI is InChI=1S/C22H32N4O2.HI/c1-3-28-21(27)18-9-11-19(12-10-18)25-22(23-2)24-16-17-7-6-8-20(15-17)26-13-4-5-14-26;/h4-8,15,18-19H,3,9-14,16H2,1-2H3,(H2,23,24,25);1H. The number of benzene rings is 1. The van der Waals surface area contributed by atoms with Gasteiger partial charge in [0, 0.05) is 38.4 Å². The maximum Gasteiger partial charge on any atom is 0.308 e. The first-order valence-electron chi connectivity index (χ1n) is 10.3. The molecule has 0 unspecified atom stereocenters. The molecule has 1 aromatic rings. The second-order valence-electron chi connectivity index (χ2n) is 7.42. The van der Waals surface area contributed by atoms with Crippen molar-refractivity contribution < 1.29 is 9.53 Å². The lowest BCUT2D eigenvalue weighted by molar-refractivity contribution is -0.149. The highest BCUT2D eigenvalue weighted by atomic mass is 127. The number of aliphatic imine (C=N–C) groups is 1. The van der Waals surface area contributed by atoms with Crippen LogP contribution in [0.1, 0.15) is 38.2 Å². The van der Waals surface area contributed by atoms with Crippen LogP contribution in [0.25, 0.3) is 0 Å². The SMILES string of the molecule is CCOC(=O)C1CCC(NC(=NC)NCc2cccc(N3CC=CC3)c2)CC1.I. The Balaban J connectivity index is 0.00000300. The number of nitrogens with one attached hydrogen (secondary N) is 2. The summed E-state index contributed by atoms with van der Waals surface area (Å²) in [4.78, 5) is 18.6. The Hall–Kier alpha value is -1.77. The Bertz CT molecular complexity index is 707. The fraction of sp³-hybridized carbons (Fsp3) is 0.545. The van der Waals surface area contributed by atoms with E-state index in [-0.39, 0.29) is 35.9 Å². The van der Waals surface area contributed by atoms with Crippen molar-refractivity contribution in [3.8, 4) is 0 Å². The largest absolute Gasteiger partial charge is 0.466 e. The van der Waals surface area contributed by atoms with Crippen molar-refractivity contribution >= 4 is 41.6 Å². The Kier molecular flexibility index (Phi) is 9.76. The summed E-state index contributed by atoms with van der Waals surface area (Å²) in [5, 5.41) is 6.92. The van der Waals surface area contributed by atoms with Crippen LogP contribution in [0.3, 0.4) is 0 Å². The van der Waals surface area contributed by atoms with Crippen molar-refractivity contribution in [2.75, 3.05) is 31.6 Å².